The van der Waals surface area contributed by atoms with Crippen LogP contribution in [0.5, 0.6) is 11.5 Å². The van der Waals surface area contributed by atoms with Gasteiger partial charge in [-0.3, -0.25) is 9.80 Å². The Bertz CT molecular complexity index is 569. The summed E-state index contributed by atoms with van der Waals surface area (Å²) in [5, 5.41) is 0. The number of benzene rings is 1. The first-order valence-corrected chi connectivity index (χ1v) is 9.44. The number of para-hydroxylation sites is 1. The number of hydrogen-bond donors (Lipinski definition) is 0. The summed E-state index contributed by atoms with van der Waals surface area (Å²) >= 11 is 0. The van der Waals surface area contributed by atoms with E-state index in [1.807, 2.05) is 6.07 Å². The number of nitrogens with zero attached hydrogens (tertiary/aromatic N) is 2. The predicted octanol–water partition coefficient (Wildman–Crippen LogP) is 3.01. The monoisotopic (exact) mass is 330 g/mol. The highest BCUT2D eigenvalue weighted by Crippen LogP contribution is 2.46. The van der Waals surface area contributed by atoms with Crippen LogP contribution in [-0.2, 0) is 6.54 Å². The first kappa shape index (κ1) is 16.2. The molecule has 0 spiro atoms. The van der Waals surface area contributed by atoms with Crippen LogP contribution in [0.15, 0.2) is 18.2 Å². The molecule has 4 rings (SSSR count). The molecule has 1 heterocycles. The summed E-state index contributed by atoms with van der Waals surface area (Å²) in [6.45, 7) is 5.72. The number of piperazine rings is 1. The van der Waals surface area contributed by atoms with E-state index in [-0.39, 0.29) is 0 Å². The number of ether oxygens (including phenoxy) is 2. The highest BCUT2D eigenvalue weighted by atomic mass is 16.5. The van der Waals surface area contributed by atoms with Crippen LogP contribution in [0, 0.1) is 11.8 Å². The lowest BCUT2D eigenvalue weighted by Crippen LogP contribution is -2.51. The third kappa shape index (κ3) is 3.02. The number of methoxy groups -OCH3 is 2. The van der Waals surface area contributed by atoms with Gasteiger partial charge in [0, 0.05) is 44.3 Å². The zero-order chi connectivity index (χ0) is 16.5. The summed E-state index contributed by atoms with van der Waals surface area (Å²) in [6.07, 6.45) is 5.95. The van der Waals surface area contributed by atoms with Crippen molar-refractivity contribution in [2.75, 3.05) is 40.4 Å². The van der Waals surface area contributed by atoms with E-state index < -0.39 is 0 Å². The molecule has 4 heteroatoms. The standard InChI is InChI=1S/C20H30N2O2/c1-23-19-5-3-4-17(20(19)24-2)14-21-8-10-22(11-9-21)18-13-15-6-7-16(18)12-15/h3-5,15-16,18H,6-14H2,1-2H3/t15-,16-,18+/m1/s1. The molecule has 132 valence electrons. The number of fused-ring (bicyclic) bond motifs is 2. The average Bonchev–Trinajstić information content (AvgIpc) is 3.25. The Labute approximate surface area is 145 Å². The van der Waals surface area contributed by atoms with Crippen LogP contribution in [0.3, 0.4) is 0 Å². The maximum atomic E-state index is 5.58. The summed E-state index contributed by atoms with van der Waals surface area (Å²) in [6, 6.07) is 7.07. The van der Waals surface area contributed by atoms with Crippen molar-refractivity contribution < 1.29 is 9.47 Å². The minimum Gasteiger partial charge on any atom is -0.493 e. The van der Waals surface area contributed by atoms with E-state index in [0.717, 1.165) is 49.0 Å². The summed E-state index contributed by atoms with van der Waals surface area (Å²) in [4.78, 5) is 5.34. The van der Waals surface area contributed by atoms with Crippen LogP contribution in [-0.4, -0.2) is 56.2 Å². The van der Waals surface area contributed by atoms with Gasteiger partial charge >= 0.3 is 0 Å². The van der Waals surface area contributed by atoms with Crippen LogP contribution >= 0.6 is 0 Å². The molecule has 1 aliphatic heterocycles. The quantitative estimate of drug-likeness (QED) is 0.828. The molecule has 3 aliphatic rings. The molecule has 0 aromatic heterocycles. The molecule has 3 fully saturated rings. The second-order valence-electron chi connectivity index (χ2n) is 7.71. The second-order valence-corrected chi connectivity index (χ2v) is 7.71. The van der Waals surface area contributed by atoms with Crippen molar-refractivity contribution in [2.45, 2.75) is 38.3 Å². The molecular weight excluding hydrogens is 300 g/mol. The van der Waals surface area contributed by atoms with Gasteiger partial charge in [-0.15, -0.1) is 0 Å². The van der Waals surface area contributed by atoms with Gasteiger partial charge in [0.2, 0.25) is 0 Å². The normalized spacial score (nSPS) is 30.7. The third-order valence-electron chi connectivity index (χ3n) is 6.46. The van der Waals surface area contributed by atoms with E-state index in [4.69, 9.17) is 9.47 Å². The van der Waals surface area contributed by atoms with E-state index in [1.54, 1.807) is 14.2 Å². The fraction of sp³-hybridized carbons (Fsp3) is 0.700. The molecule has 4 nitrogen and oxygen atoms in total. The SMILES string of the molecule is COc1cccc(CN2CCN([C@H]3C[C@@H]4CC[C@@H]3C4)CC2)c1OC. The summed E-state index contributed by atoms with van der Waals surface area (Å²) < 4.78 is 11.0. The van der Waals surface area contributed by atoms with Gasteiger partial charge in [0.25, 0.3) is 0 Å². The fourth-order valence-corrected chi connectivity index (χ4v) is 5.23. The molecule has 3 atom stereocenters. The molecule has 0 amide bonds. The van der Waals surface area contributed by atoms with Crippen LogP contribution in [0.25, 0.3) is 0 Å². The molecule has 2 aliphatic carbocycles. The number of rotatable bonds is 5. The van der Waals surface area contributed by atoms with Crippen LogP contribution in [0.2, 0.25) is 0 Å². The van der Waals surface area contributed by atoms with E-state index in [0.29, 0.717) is 0 Å². The molecule has 0 radical (unpaired) electrons. The van der Waals surface area contributed by atoms with Crippen molar-refractivity contribution >= 4 is 0 Å². The lowest BCUT2D eigenvalue weighted by atomic mass is 9.93. The molecule has 1 aromatic carbocycles. The molecule has 1 saturated heterocycles. The Hall–Kier alpha value is -1.26. The molecular formula is C20H30N2O2. The highest BCUT2D eigenvalue weighted by molar-refractivity contribution is 5.46. The van der Waals surface area contributed by atoms with Crippen molar-refractivity contribution in [2.24, 2.45) is 11.8 Å². The number of hydrogen-bond acceptors (Lipinski definition) is 4. The third-order valence-corrected chi connectivity index (χ3v) is 6.46. The topological polar surface area (TPSA) is 24.9 Å². The van der Waals surface area contributed by atoms with Crippen molar-refractivity contribution in [3.05, 3.63) is 23.8 Å². The van der Waals surface area contributed by atoms with Crippen molar-refractivity contribution in [1.29, 1.82) is 0 Å². The Balaban J connectivity index is 1.35. The van der Waals surface area contributed by atoms with Gasteiger partial charge in [-0.2, -0.15) is 0 Å². The van der Waals surface area contributed by atoms with Crippen molar-refractivity contribution in [1.82, 2.24) is 9.80 Å². The first-order valence-electron chi connectivity index (χ1n) is 9.44. The minimum absolute atomic E-state index is 0.829. The fourth-order valence-electron chi connectivity index (χ4n) is 5.23. The summed E-state index contributed by atoms with van der Waals surface area (Å²) in [7, 11) is 3.43. The molecule has 0 unspecified atom stereocenters. The largest absolute Gasteiger partial charge is 0.493 e. The molecule has 0 N–H and O–H groups in total. The van der Waals surface area contributed by atoms with Crippen molar-refractivity contribution in [3.63, 3.8) is 0 Å². The van der Waals surface area contributed by atoms with Crippen LogP contribution < -0.4 is 9.47 Å². The van der Waals surface area contributed by atoms with Crippen molar-refractivity contribution in [3.8, 4) is 11.5 Å². The average molecular weight is 330 g/mol. The molecule has 24 heavy (non-hydrogen) atoms. The Morgan fingerprint density at radius 1 is 1.00 bits per heavy atom. The van der Waals surface area contributed by atoms with Gasteiger partial charge in [-0.1, -0.05) is 18.6 Å². The smallest absolute Gasteiger partial charge is 0.165 e. The van der Waals surface area contributed by atoms with Crippen LogP contribution in [0.1, 0.15) is 31.2 Å². The van der Waals surface area contributed by atoms with E-state index in [9.17, 15) is 0 Å². The minimum atomic E-state index is 0.829. The predicted molar refractivity (Wildman–Crippen MR) is 95.6 cm³/mol. The van der Waals surface area contributed by atoms with Crippen LogP contribution in [0.4, 0.5) is 0 Å². The van der Waals surface area contributed by atoms with E-state index in [1.165, 1.54) is 44.3 Å². The Kier molecular flexibility index (Phi) is 4.68. The van der Waals surface area contributed by atoms with E-state index >= 15 is 0 Å². The van der Waals surface area contributed by atoms with Gasteiger partial charge < -0.3 is 9.47 Å². The Morgan fingerprint density at radius 3 is 2.46 bits per heavy atom. The Morgan fingerprint density at radius 2 is 1.83 bits per heavy atom. The zero-order valence-electron chi connectivity index (χ0n) is 15.0. The highest BCUT2D eigenvalue weighted by Gasteiger charge is 2.42. The molecule has 2 bridgehead atoms. The molecule has 1 aromatic rings. The summed E-state index contributed by atoms with van der Waals surface area (Å²) in [5.74, 6) is 3.75. The first-order chi connectivity index (χ1) is 11.8. The lowest BCUT2D eigenvalue weighted by molar-refractivity contribution is 0.0676. The van der Waals surface area contributed by atoms with Gasteiger partial charge in [0.05, 0.1) is 14.2 Å². The summed E-state index contributed by atoms with van der Waals surface area (Å²) in [5.41, 5.74) is 1.23. The van der Waals surface area contributed by atoms with Gasteiger partial charge in [0.1, 0.15) is 0 Å². The lowest BCUT2D eigenvalue weighted by Gasteiger charge is -2.41. The zero-order valence-corrected chi connectivity index (χ0v) is 15.0. The molecule has 2 saturated carbocycles. The van der Waals surface area contributed by atoms with Gasteiger partial charge in [-0.25, -0.2) is 0 Å². The maximum Gasteiger partial charge on any atom is 0.165 e. The van der Waals surface area contributed by atoms with Gasteiger partial charge in [0.15, 0.2) is 11.5 Å². The van der Waals surface area contributed by atoms with Gasteiger partial charge in [-0.05, 0) is 37.2 Å². The second kappa shape index (κ2) is 6.93. The maximum absolute atomic E-state index is 5.58. The van der Waals surface area contributed by atoms with E-state index in [2.05, 4.69) is 21.9 Å².